The molecule has 0 radical (unpaired) electrons. The molecule has 4 nitrogen and oxygen atoms in total. The molecule has 1 amide bonds. The Bertz CT molecular complexity index is 686. The van der Waals surface area contributed by atoms with Crippen LogP contribution >= 0.6 is 0 Å². The third-order valence-electron chi connectivity index (χ3n) is 2.85. The summed E-state index contributed by atoms with van der Waals surface area (Å²) in [5, 5.41) is 2.31. The monoisotopic (exact) mass is 277 g/mol. The van der Waals surface area contributed by atoms with Crippen molar-refractivity contribution in [1.29, 1.82) is 0 Å². The topological polar surface area (TPSA) is 68.0 Å². The Hall–Kier alpha value is -2.50. The number of halogens is 2. The van der Waals surface area contributed by atoms with Gasteiger partial charge < -0.3 is 11.1 Å². The van der Waals surface area contributed by atoms with Gasteiger partial charge in [-0.25, -0.2) is 8.78 Å². The molecule has 0 spiro atoms. The fraction of sp³-hybridized carbons (Fsp3) is 0.143. The zero-order valence-corrected chi connectivity index (χ0v) is 11.0. The van der Waals surface area contributed by atoms with E-state index in [1.54, 1.807) is 6.92 Å². The van der Waals surface area contributed by atoms with Crippen molar-refractivity contribution >= 4 is 17.3 Å². The highest BCUT2D eigenvalue weighted by Crippen LogP contribution is 2.20. The van der Waals surface area contributed by atoms with E-state index in [0.29, 0.717) is 11.4 Å². The average Bonchev–Trinajstić information content (AvgIpc) is 2.38. The molecule has 104 valence electrons. The van der Waals surface area contributed by atoms with Crippen molar-refractivity contribution in [3.8, 4) is 0 Å². The minimum atomic E-state index is -0.702. The number of pyridine rings is 1. The third-order valence-corrected chi connectivity index (χ3v) is 2.85. The molecule has 0 bridgehead atoms. The highest BCUT2D eigenvalue weighted by Gasteiger charge is 2.14. The van der Waals surface area contributed by atoms with E-state index in [-0.39, 0.29) is 16.8 Å². The number of nitrogens with two attached hydrogens (primary N) is 1. The molecule has 1 aromatic carbocycles. The Morgan fingerprint density at radius 3 is 2.60 bits per heavy atom. The number of carbonyl (C=O) groups is 1. The number of rotatable bonds is 2. The van der Waals surface area contributed by atoms with Gasteiger partial charge in [0.25, 0.3) is 5.91 Å². The maximum Gasteiger partial charge on any atom is 0.257 e. The average molecular weight is 277 g/mol. The maximum atomic E-state index is 13.7. The predicted octanol–water partition coefficient (Wildman–Crippen LogP) is 2.81. The van der Waals surface area contributed by atoms with Crippen LogP contribution in [-0.4, -0.2) is 10.9 Å². The van der Waals surface area contributed by atoms with E-state index < -0.39 is 17.5 Å². The molecular weight excluding hydrogens is 264 g/mol. The van der Waals surface area contributed by atoms with E-state index in [4.69, 9.17) is 5.73 Å². The highest BCUT2D eigenvalue weighted by atomic mass is 19.1. The molecule has 2 aromatic rings. The van der Waals surface area contributed by atoms with Crippen molar-refractivity contribution in [2.24, 2.45) is 0 Å². The van der Waals surface area contributed by atoms with E-state index in [2.05, 4.69) is 10.3 Å². The summed E-state index contributed by atoms with van der Waals surface area (Å²) in [5.74, 6) is -1.89. The molecule has 0 saturated carbocycles. The van der Waals surface area contributed by atoms with Gasteiger partial charge in [-0.2, -0.15) is 0 Å². The molecular formula is C14H13F2N3O. The zero-order valence-electron chi connectivity index (χ0n) is 11.0. The number of aromatic nitrogens is 1. The number of amides is 1. The molecule has 0 atom stereocenters. The number of anilines is 2. The van der Waals surface area contributed by atoms with Crippen molar-refractivity contribution in [2.45, 2.75) is 13.8 Å². The van der Waals surface area contributed by atoms with Crippen LogP contribution in [0.25, 0.3) is 0 Å². The third kappa shape index (κ3) is 2.74. The molecule has 0 fully saturated rings. The molecule has 0 aliphatic rings. The second-order valence-electron chi connectivity index (χ2n) is 4.44. The molecule has 0 saturated heterocycles. The summed E-state index contributed by atoms with van der Waals surface area (Å²) in [6.45, 7) is 3.07. The Morgan fingerprint density at radius 2 is 1.90 bits per heavy atom. The molecule has 6 heteroatoms. The number of hydrogen-bond acceptors (Lipinski definition) is 3. The van der Waals surface area contributed by atoms with Gasteiger partial charge in [0.05, 0.1) is 28.8 Å². The Labute approximate surface area is 114 Å². The molecule has 3 N–H and O–H groups in total. The Balaban J connectivity index is 2.32. The van der Waals surface area contributed by atoms with Crippen molar-refractivity contribution in [1.82, 2.24) is 4.98 Å². The van der Waals surface area contributed by atoms with E-state index in [9.17, 15) is 13.6 Å². The first kappa shape index (κ1) is 13.9. The van der Waals surface area contributed by atoms with Crippen LogP contribution in [0.3, 0.4) is 0 Å². The summed E-state index contributed by atoms with van der Waals surface area (Å²) in [6, 6.07) is 3.40. The smallest absolute Gasteiger partial charge is 0.257 e. The summed E-state index contributed by atoms with van der Waals surface area (Å²) in [4.78, 5) is 16.0. The lowest BCUT2D eigenvalue weighted by molar-refractivity contribution is 0.102. The first-order chi connectivity index (χ1) is 9.38. The van der Waals surface area contributed by atoms with E-state index in [0.717, 1.165) is 12.1 Å². The minimum Gasteiger partial charge on any atom is -0.397 e. The summed E-state index contributed by atoms with van der Waals surface area (Å²) in [6.07, 6.45) is 1.41. The number of nitrogen functional groups attached to an aromatic ring is 1. The van der Waals surface area contributed by atoms with Crippen molar-refractivity contribution < 1.29 is 13.6 Å². The molecule has 0 aliphatic carbocycles. The second-order valence-corrected chi connectivity index (χ2v) is 4.44. The molecule has 2 rings (SSSR count). The SMILES string of the molecule is Cc1cc(F)c(NC(=O)c2cc(N)cnc2C)cc1F. The molecule has 1 heterocycles. The number of hydrogen-bond donors (Lipinski definition) is 2. The summed E-state index contributed by atoms with van der Waals surface area (Å²) in [5.41, 5.74) is 6.48. The Kier molecular flexibility index (Phi) is 3.65. The van der Waals surface area contributed by atoms with Crippen LogP contribution in [-0.2, 0) is 0 Å². The van der Waals surface area contributed by atoms with E-state index >= 15 is 0 Å². The lowest BCUT2D eigenvalue weighted by Crippen LogP contribution is -2.16. The molecule has 0 aliphatic heterocycles. The lowest BCUT2D eigenvalue weighted by Gasteiger charge is -2.09. The van der Waals surface area contributed by atoms with E-state index in [1.165, 1.54) is 19.2 Å². The van der Waals surface area contributed by atoms with Crippen LogP contribution in [0.4, 0.5) is 20.2 Å². The first-order valence-electron chi connectivity index (χ1n) is 5.87. The van der Waals surface area contributed by atoms with Crippen molar-refractivity contribution in [3.05, 3.63) is 52.9 Å². The summed E-state index contributed by atoms with van der Waals surface area (Å²) in [7, 11) is 0. The number of nitrogens with one attached hydrogen (secondary N) is 1. The first-order valence-corrected chi connectivity index (χ1v) is 5.87. The molecule has 20 heavy (non-hydrogen) atoms. The van der Waals surface area contributed by atoms with Crippen LogP contribution in [0.15, 0.2) is 24.4 Å². The van der Waals surface area contributed by atoms with Gasteiger partial charge in [0, 0.05) is 6.07 Å². The van der Waals surface area contributed by atoms with Crippen LogP contribution in [0.2, 0.25) is 0 Å². The van der Waals surface area contributed by atoms with Crippen molar-refractivity contribution in [3.63, 3.8) is 0 Å². The fourth-order valence-corrected chi connectivity index (χ4v) is 1.71. The van der Waals surface area contributed by atoms with Crippen LogP contribution in [0, 0.1) is 25.5 Å². The minimum absolute atomic E-state index is 0.169. The Morgan fingerprint density at radius 1 is 1.20 bits per heavy atom. The van der Waals surface area contributed by atoms with E-state index in [1.807, 2.05) is 0 Å². The van der Waals surface area contributed by atoms with Gasteiger partial charge in [-0.1, -0.05) is 0 Å². The standard InChI is InChI=1S/C14H13F2N3O/c1-7-3-12(16)13(5-11(7)15)19-14(20)10-4-9(17)6-18-8(10)2/h3-6H,17H2,1-2H3,(H,19,20). The van der Waals surface area contributed by atoms with Gasteiger partial charge in [0.1, 0.15) is 11.6 Å². The van der Waals surface area contributed by atoms with Gasteiger partial charge in [-0.3, -0.25) is 9.78 Å². The quantitative estimate of drug-likeness (QED) is 0.887. The normalized spacial score (nSPS) is 10.4. The fourth-order valence-electron chi connectivity index (χ4n) is 1.71. The predicted molar refractivity (Wildman–Crippen MR) is 72.4 cm³/mol. The van der Waals surface area contributed by atoms with Gasteiger partial charge in [0.15, 0.2) is 0 Å². The number of nitrogens with zero attached hydrogens (tertiary/aromatic N) is 1. The highest BCUT2D eigenvalue weighted by molar-refractivity contribution is 6.05. The molecule has 1 aromatic heterocycles. The zero-order chi connectivity index (χ0) is 14.9. The second kappa shape index (κ2) is 5.24. The lowest BCUT2D eigenvalue weighted by atomic mass is 10.1. The van der Waals surface area contributed by atoms with Crippen LogP contribution < -0.4 is 11.1 Å². The van der Waals surface area contributed by atoms with Crippen molar-refractivity contribution in [2.75, 3.05) is 11.1 Å². The number of aryl methyl sites for hydroxylation is 2. The largest absolute Gasteiger partial charge is 0.397 e. The van der Waals surface area contributed by atoms with Gasteiger partial charge in [-0.05, 0) is 31.5 Å². The van der Waals surface area contributed by atoms with Gasteiger partial charge in [-0.15, -0.1) is 0 Å². The molecule has 0 unspecified atom stereocenters. The van der Waals surface area contributed by atoms with Gasteiger partial charge in [0.2, 0.25) is 0 Å². The number of carbonyl (C=O) groups excluding carboxylic acids is 1. The summed E-state index contributed by atoms with van der Waals surface area (Å²) < 4.78 is 27.1. The van der Waals surface area contributed by atoms with Gasteiger partial charge >= 0.3 is 0 Å². The maximum absolute atomic E-state index is 13.7. The number of benzene rings is 1. The van der Waals surface area contributed by atoms with Crippen LogP contribution in [0.5, 0.6) is 0 Å². The van der Waals surface area contributed by atoms with Crippen LogP contribution in [0.1, 0.15) is 21.6 Å². The summed E-state index contributed by atoms with van der Waals surface area (Å²) >= 11 is 0.